The summed E-state index contributed by atoms with van der Waals surface area (Å²) in [5.41, 5.74) is 6.45. The first-order chi connectivity index (χ1) is 13.9. The summed E-state index contributed by atoms with van der Waals surface area (Å²) >= 11 is 0. The molecule has 9 heteroatoms. The van der Waals surface area contributed by atoms with Crippen LogP contribution < -0.4 is 24.7 Å². The largest absolute Gasteiger partial charge is 0.496 e. The summed E-state index contributed by atoms with van der Waals surface area (Å²) in [7, 11) is 5.80. The van der Waals surface area contributed by atoms with Gasteiger partial charge in [-0.25, -0.2) is 4.79 Å². The van der Waals surface area contributed by atoms with Crippen molar-refractivity contribution in [3.8, 4) is 29.1 Å². The highest BCUT2D eigenvalue weighted by molar-refractivity contribution is 5.93. The molecule has 1 aliphatic heterocycles. The summed E-state index contributed by atoms with van der Waals surface area (Å²) in [6, 6.07) is 3.60. The van der Waals surface area contributed by atoms with Gasteiger partial charge in [0.2, 0.25) is 11.6 Å². The highest BCUT2D eigenvalue weighted by Gasteiger charge is 2.41. The van der Waals surface area contributed by atoms with Crippen LogP contribution in [0, 0.1) is 11.3 Å². The van der Waals surface area contributed by atoms with Crippen LogP contribution in [0.15, 0.2) is 28.9 Å². The molecule has 2 rings (SSSR count). The van der Waals surface area contributed by atoms with Crippen LogP contribution in [-0.4, -0.2) is 41.0 Å². The van der Waals surface area contributed by atoms with Crippen LogP contribution in [0.2, 0.25) is 0 Å². The third kappa shape index (κ3) is 3.74. The molecule has 0 saturated heterocycles. The summed E-state index contributed by atoms with van der Waals surface area (Å²) in [5, 5.41) is 9.78. The first-order valence-electron chi connectivity index (χ1n) is 8.72. The van der Waals surface area contributed by atoms with Gasteiger partial charge in [-0.3, -0.25) is 0 Å². The molecule has 0 fully saturated rings. The Hall–Kier alpha value is -3.54. The van der Waals surface area contributed by atoms with E-state index in [1.165, 1.54) is 28.4 Å². The third-order valence-corrected chi connectivity index (χ3v) is 4.44. The van der Waals surface area contributed by atoms with E-state index in [0.29, 0.717) is 17.1 Å². The standard InChI is InChI=1S/C20H24N2O7/c1-7-28-20(23)14-10(2)29-19(22)11(9-21)15(14)16-12(24-3)8-13(25-4)17(26-5)18(16)27-6/h8,15H,7,22H2,1-6H3. The van der Waals surface area contributed by atoms with Crippen molar-refractivity contribution in [2.75, 3.05) is 35.0 Å². The summed E-state index contributed by atoms with van der Waals surface area (Å²) in [6.07, 6.45) is 0. The zero-order chi connectivity index (χ0) is 21.7. The van der Waals surface area contributed by atoms with Gasteiger partial charge in [-0.2, -0.15) is 5.26 Å². The predicted molar refractivity (Wildman–Crippen MR) is 103 cm³/mol. The van der Waals surface area contributed by atoms with Crippen molar-refractivity contribution in [1.29, 1.82) is 5.26 Å². The van der Waals surface area contributed by atoms with Gasteiger partial charge in [-0.1, -0.05) is 0 Å². The summed E-state index contributed by atoms with van der Waals surface area (Å²) in [6.45, 7) is 3.39. The lowest BCUT2D eigenvalue weighted by atomic mass is 9.81. The number of nitriles is 1. The molecule has 0 saturated carbocycles. The monoisotopic (exact) mass is 404 g/mol. The minimum absolute atomic E-state index is 0.0162. The number of benzene rings is 1. The Kier molecular flexibility index (Phi) is 6.83. The molecule has 0 bridgehead atoms. The molecule has 0 spiro atoms. The number of rotatable bonds is 7. The molecule has 2 N–H and O–H groups in total. The fourth-order valence-corrected chi connectivity index (χ4v) is 3.24. The van der Waals surface area contributed by atoms with E-state index in [1.807, 2.05) is 6.07 Å². The van der Waals surface area contributed by atoms with Gasteiger partial charge < -0.3 is 34.2 Å². The number of carbonyl (C=O) groups is 1. The molecule has 0 amide bonds. The van der Waals surface area contributed by atoms with Crippen LogP contribution in [-0.2, 0) is 14.3 Å². The van der Waals surface area contributed by atoms with E-state index < -0.39 is 11.9 Å². The maximum absolute atomic E-state index is 12.8. The van der Waals surface area contributed by atoms with Gasteiger partial charge >= 0.3 is 5.97 Å². The van der Waals surface area contributed by atoms with E-state index in [9.17, 15) is 10.1 Å². The van der Waals surface area contributed by atoms with Gasteiger partial charge in [0.1, 0.15) is 23.2 Å². The second-order valence-corrected chi connectivity index (χ2v) is 5.88. The highest BCUT2D eigenvalue weighted by Crippen LogP contribution is 2.53. The molecule has 0 radical (unpaired) electrons. The average Bonchev–Trinajstić information content (AvgIpc) is 2.71. The number of ether oxygens (including phenoxy) is 6. The van der Waals surface area contributed by atoms with E-state index >= 15 is 0 Å². The van der Waals surface area contributed by atoms with E-state index in [4.69, 9.17) is 34.2 Å². The molecule has 156 valence electrons. The van der Waals surface area contributed by atoms with Crippen LogP contribution in [0.1, 0.15) is 25.3 Å². The van der Waals surface area contributed by atoms with Crippen LogP contribution in [0.4, 0.5) is 0 Å². The van der Waals surface area contributed by atoms with Crippen LogP contribution in [0.5, 0.6) is 23.0 Å². The second kappa shape index (κ2) is 9.10. The quantitative estimate of drug-likeness (QED) is 0.682. The van der Waals surface area contributed by atoms with Gasteiger partial charge in [-0.05, 0) is 13.8 Å². The number of esters is 1. The lowest BCUT2D eigenvalue weighted by Crippen LogP contribution is -2.26. The maximum Gasteiger partial charge on any atom is 0.338 e. The molecule has 0 aliphatic carbocycles. The maximum atomic E-state index is 12.8. The number of allylic oxidation sites excluding steroid dienone is 2. The zero-order valence-corrected chi connectivity index (χ0v) is 17.2. The lowest BCUT2D eigenvalue weighted by Gasteiger charge is -2.29. The van der Waals surface area contributed by atoms with Gasteiger partial charge in [0.15, 0.2) is 11.5 Å². The molecule has 1 aromatic carbocycles. The van der Waals surface area contributed by atoms with Crippen molar-refractivity contribution in [3.05, 3.63) is 34.4 Å². The molecular weight excluding hydrogens is 380 g/mol. The molecule has 1 unspecified atom stereocenters. The highest BCUT2D eigenvalue weighted by atomic mass is 16.5. The Morgan fingerprint density at radius 2 is 1.76 bits per heavy atom. The predicted octanol–water partition coefficient (Wildman–Crippen LogP) is 2.37. The number of nitrogens with zero attached hydrogens (tertiary/aromatic N) is 1. The van der Waals surface area contributed by atoms with Gasteiger partial charge in [0.05, 0.1) is 52.1 Å². The van der Waals surface area contributed by atoms with Crippen LogP contribution in [0.25, 0.3) is 0 Å². The molecule has 1 atom stereocenters. The summed E-state index contributed by atoms with van der Waals surface area (Å²) < 4.78 is 32.6. The Morgan fingerprint density at radius 1 is 1.14 bits per heavy atom. The van der Waals surface area contributed by atoms with Crippen molar-refractivity contribution in [3.63, 3.8) is 0 Å². The minimum atomic E-state index is -0.961. The topological polar surface area (TPSA) is 122 Å². The number of hydrogen-bond acceptors (Lipinski definition) is 9. The van der Waals surface area contributed by atoms with Crippen molar-refractivity contribution in [2.45, 2.75) is 19.8 Å². The molecule has 9 nitrogen and oxygen atoms in total. The molecular formula is C20H24N2O7. The first-order valence-corrected chi connectivity index (χ1v) is 8.72. The number of nitrogens with two attached hydrogens (primary N) is 1. The van der Waals surface area contributed by atoms with Crippen molar-refractivity contribution >= 4 is 5.97 Å². The van der Waals surface area contributed by atoms with Crippen molar-refractivity contribution in [1.82, 2.24) is 0 Å². The fraction of sp³-hybridized carbons (Fsp3) is 0.400. The van der Waals surface area contributed by atoms with Crippen molar-refractivity contribution < 1.29 is 33.2 Å². The van der Waals surface area contributed by atoms with Crippen LogP contribution >= 0.6 is 0 Å². The molecule has 1 aliphatic rings. The summed E-state index contributed by atoms with van der Waals surface area (Å²) in [4.78, 5) is 12.8. The zero-order valence-electron chi connectivity index (χ0n) is 17.2. The smallest absolute Gasteiger partial charge is 0.338 e. The SMILES string of the molecule is CCOC(=O)C1=C(C)OC(N)=C(C#N)C1c1c(OC)cc(OC)c(OC)c1OC. The minimum Gasteiger partial charge on any atom is -0.496 e. The van der Waals surface area contributed by atoms with Crippen molar-refractivity contribution in [2.24, 2.45) is 5.73 Å². The third-order valence-electron chi connectivity index (χ3n) is 4.44. The molecule has 29 heavy (non-hydrogen) atoms. The van der Waals surface area contributed by atoms with E-state index in [1.54, 1.807) is 19.9 Å². The van der Waals surface area contributed by atoms with Gasteiger partial charge in [0.25, 0.3) is 0 Å². The second-order valence-electron chi connectivity index (χ2n) is 5.88. The fourth-order valence-electron chi connectivity index (χ4n) is 3.24. The van der Waals surface area contributed by atoms with Gasteiger partial charge in [-0.15, -0.1) is 0 Å². The summed E-state index contributed by atoms with van der Waals surface area (Å²) in [5.74, 6) is -0.357. The van der Waals surface area contributed by atoms with E-state index in [-0.39, 0.29) is 40.9 Å². The normalized spacial score (nSPS) is 16.0. The number of methoxy groups -OCH3 is 4. The van der Waals surface area contributed by atoms with E-state index in [0.717, 1.165) is 0 Å². The van der Waals surface area contributed by atoms with Crippen LogP contribution in [0.3, 0.4) is 0 Å². The molecule has 1 heterocycles. The first kappa shape index (κ1) is 21.8. The Bertz CT molecular complexity index is 912. The van der Waals surface area contributed by atoms with E-state index in [2.05, 4.69) is 0 Å². The number of hydrogen-bond donors (Lipinski definition) is 1. The number of carbonyl (C=O) groups excluding carboxylic acids is 1. The molecule has 0 aromatic heterocycles. The Labute approximate surface area is 169 Å². The van der Waals surface area contributed by atoms with Gasteiger partial charge in [0, 0.05) is 6.07 Å². The molecule has 1 aromatic rings. The lowest BCUT2D eigenvalue weighted by molar-refractivity contribution is -0.139. The Balaban J connectivity index is 2.94. The average molecular weight is 404 g/mol. The Morgan fingerprint density at radius 3 is 2.24 bits per heavy atom.